The molecular weight excluding hydrogens is 821 g/mol. The lowest BCUT2D eigenvalue weighted by Crippen LogP contribution is -2.10. The first-order valence-electron chi connectivity index (χ1n) is 23.8. The molecular formula is C66H44N2. The Morgan fingerprint density at radius 3 is 1.62 bits per heavy atom. The van der Waals surface area contributed by atoms with Gasteiger partial charge in [-0.15, -0.1) is 0 Å². The van der Waals surface area contributed by atoms with E-state index in [9.17, 15) is 0 Å². The van der Waals surface area contributed by atoms with Crippen LogP contribution in [0.25, 0.3) is 82.8 Å². The third-order valence-corrected chi connectivity index (χ3v) is 14.6. The summed E-state index contributed by atoms with van der Waals surface area (Å²) in [5.74, 6) is 0.391. The summed E-state index contributed by atoms with van der Waals surface area (Å²) in [4.78, 5) is 2.43. The highest BCUT2D eigenvalue weighted by atomic mass is 15.1. The van der Waals surface area contributed by atoms with Crippen molar-refractivity contribution in [3.8, 4) is 33.4 Å². The number of hydrogen-bond donors (Lipinski definition) is 0. The molecule has 3 aliphatic carbocycles. The maximum atomic E-state index is 2.44. The fourth-order valence-electron chi connectivity index (χ4n) is 11.5. The number of rotatable bonds is 6. The fourth-order valence-corrected chi connectivity index (χ4v) is 11.5. The minimum atomic E-state index is 0.391. The molecule has 0 saturated carbocycles. The third kappa shape index (κ3) is 6.04. The first-order chi connectivity index (χ1) is 33.7. The summed E-state index contributed by atoms with van der Waals surface area (Å²) in [5, 5.41) is 4.97. The summed E-state index contributed by atoms with van der Waals surface area (Å²) in [7, 11) is 0. The van der Waals surface area contributed by atoms with E-state index in [1.807, 2.05) is 0 Å². The van der Waals surface area contributed by atoms with Gasteiger partial charge in [0.2, 0.25) is 0 Å². The van der Waals surface area contributed by atoms with Crippen molar-refractivity contribution in [2.45, 2.75) is 12.3 Å². The van der Waals surface area contributed by atoms with Gasteiger partial charge >= 0.3 is 0 Å². The van der Waals surface area contributed by atoms with Crippen LogP contribution in [0.15, 0.2) is 249 Å². The van der Waals surface area contributed by atoms with Gasteiger partial charge in [-0.1, -0.05) is 188 Å². The van der Waals surface area contributed by atoms with Crippen molar-refractivity contribution in [3.05, 3.63) is 277 Å². The van der Waals surface area contributed by atoms with Gasteiger partial charge in [0.15, 0.2) is 0 Å². The summed E-state index contributed by atoms with van der Waals surface area (Å²) >= 11 is 0. The number of fused-ring (bicyclic) bond motifs is 10. The molecule has 1 heterocycles. The highest BCUT2D eigenvalue weighted by molar-refractivity contribution is 6.19. The van der Waals surface area contributed by atoms with Crippen LogP contribution >= 0.6 is 0 Å². The summed E-state index contributed by atoms with van der Waals surface area (Å²) < 4.78 is 2.44. The van der Waals surface area contributed by atoms with E-state index in [0.29, 0.717) is 5.92 Å². The van der Waals surface area contributed by atoms with E-state index >= 15 is 0 Å². The smallest absolute Gasteiger partial charge is 0.0541 e. The van der Waals surface area contributed by atoms with Gasteiger partial charge in [-0.2, -0.15) is 0 Å². The van der Waals surface area contributed by atoms with E-state index in [1.54, 1.807) is 0 Å². The lowest BCUT2D eigenvalue weighted by atomic mass is 9.91. The molecule has 2 nitrogen and oxygen atoms in total. The molecule has 68 heavy (non-hydrogen) atoms. The maximum Gasteiger partial charge on any atom is 0.0541 e. The van der Waals surface area contributed by atoms with Crippen LogP contribution in [0.4, 0.5) is 17.1 Å². The quantitative estimate of drug-likeness (QED) is 0.162. The van der Waals surface area contributed by atoms with E-state index < -0.39 is 0 Å². The van der Waals surface area contributed by atoms with Crippen molar-refractivity contribution in [2.24, 2.45) is 0 Å². The topological polar surface area (TPSA) is 8.17 Å². The standard InChI is InChI=1S/C66H44N2/c1-2-14-43(15-3-1)45-26-34-50(35-27-45)68-63-25-13-12-21-57(63)61-41-48(31-39-64(61)68)46-28-32-49(33-29-46)67(51-36-30-44-16-4-5-17-47(44)40-51)52-37-38-56-55-20-8-11-24-60(55)66(62(56)42-52)65-58-22-9-6-18-53(58)54-19-7-10-23-59(54)65/h1-26,28-42,45H,27H2. The zero-order chi connectivity index (χ0) is 44.7. The van der Waals surface area contributed by atoms with E-state index in [2.05, 4.69) is 258 Å². The number of aromatic nitrogens is 1. The molecule has 1 aromatic heterocycles. The van der Waals surface area contributed by atoms with E-state index in [4.69, 9.17) is 0 Å². The van der Waals surface area contributed by atoms with Gasteiger partial charge in [0.1, 0.15) is 0 Å². The summed E-state index contributed by atoms with van der Waals surface area (Å²) in [6.07, 6.45) is 8.06. The lowest BCUT2D eigenvalue weighted by Gasteiger charge is -2.27. The Balaban J connectivity index is 0.884. The van der Waals surface area contributed by atoms with Gasteiger partial charge < -0.3 is 9.47 Å². The Bertz CT molecular complexity index is 3890. The van der Waals surface area contributed by atoms with Gasteiger partial charge in [-0.05, 0) is 150 Å². The minimum absolute atomic E-state index is 0.391. The van der Waals surface area contributed by atoms with Crippen molar-refractivity contribution >= 4 is 66.5 Å². The number of allylic oxidation sites excluding steroid dienone is 4. The molecule has 11 aromatic rings. The van der Waals surface area contributed by atoms with Crippen molar-refractivity contribution in [1.29, 1.82) is 0 Å². The SMILES string of the molecule is C1=CC(c2ccccc2)CC=C1n1c2ccccc2c2cc(-c3ccc(N(c4ccc5c(c4)C(=C4c6ccccc6-c6ccccc64)c4ccccc4-5)c4ccc5ccccc5c4)cc3)ccc21. The zero-order valence-corrected chi connectivity index (χ0v) is 37.4. The molecule has 1 atom stereocenters. The Morgan fingerprint density at radius 1 is 0.368 bits per heavy atom. The number of hydrogen-bond acceptors (Lipinski definition) is 1. The largest absolute Gasteiger partial charge is 0.310 e. The van der Waals surface area contributed by atoms with E-state index in [0.717, 1.165) is 23.5 Å². The predicted molar refractivity (Wildman–Crippen MR) is 287 cm³/mol. The second kappa shape index (κ2) is 15.4. The van der Waals surface area contributed by atoms with Gasteiger partial charge in [0.05, 0.1) is 11.0 Å². The molecule has 0 amide bonds. The molecule has 0 aliphatic heterocycles. The van der Waals surface area contributed by atoms with Gasteiger partial charge in [0.25, 0.3) is 0 Å². The molecule has 1 unspecified atom stereocenters. The summed E-state index contributed by atoms with van der Waals surface area (Å²) in [5.41, 5.74) is 23.6. The number of nitrogens with zero attached hydrogens (tertiary/aromatic N) is 2. The average Bonchev–Trinajstić information content (AvgIpc) is 4.04. The molecule has 14 rings (SSSR count). The van der Waals surface area contributed by atoms with Crippen LogP contribution in [-0.2, 0) is 0 Å². The first kappa shape index (κ1) is 38.5. The monoisotopic (exact) mass is 864 g/mol. The predicted octanol–water partition coefficient (Wildman–Crippen LogP) is 17.6. The molecule has 0 radical (unpaired) electrons. The molecule has 0 N–H and O–H groups in total. The molecule has 0 bridgehead atoms. The van der Waals surface area contributed by atoms with Gasteiger partial charge in [0, 0.05) is 39.4 Å². The zero-order valence-electron chi connectivity index (χ0n) is 37.4. The van der Waals surface area contributed by atoms with Crippen LogP contribution in [-0.4, -0.2) is 4.57 Å². The van der Waals surface area contributed by atoms with Crippen molar-refractivity contribution in [1.82, 2.24) is 4.57 Å². The summed E-state index contributed by atoms with van der Waals surface area (Å²) in [6, 6.07) is 85.2. The van der Waals surface area contributed by atoms with Gasteiger partial charge in [-0.3, -0.25) is 0 Å². The highest BCUT2D eigenvalue weighted by Crippen LogP contribution is 2.55. The van der Waals surface area contributed by atoms with Crippen LogP contribution < -0.4 is 4.90 Å². The Labute approximate surface area is 396 Å². The molecule has 318 valence electrons. The number of para-hydroxylation sites is 1. The van der Waals surface area contributed by atoms with Crippen molar-refractivity contribution in [3.63, 3.8) is 0 Å². The molecule has 0 spiro atoms. The highest BCUT2D eigenvalue weighted by Gasteiger charge is 2.33. The lowest BCUT2D eigenvalue weighted by molar-refractivity contribution is 0.850. The van der Waals surface area contributed by atoms with Crippen LogP contribution in [0.5, 0.6) is 0 Å². The molecule has 2 heteroatoms. The van der Waals surface area contributed by atoms with E-state index in [-0.39, 0.29) is 0 Å². The normalized spacial score (nSPS) is 14.5. The maximum absolute atomic E-state index is 2.44. The van der Waals surface area contributed by atoms with E-state index in [1.165, 1.54) is 111 Å². The van der Waals surface area contributed by atoms with Crippen LogP contribution in [0.3, 0.4) is 0 Å². The van der Waals surface area contributed by atoms with Gasteiger partial charge in [-0.25, -0.2) is 0 Å². The van der Waals surface area contributed by atoms with Crippen LogP contribution in [0.2, 0.25) is 0 Å². The Morgan fingerprint density at radius 2 is 0.912 bits per heavy atom. The number of anilines is 3. The molecule has 0 fully saturated rings. The van der Waals surface area contributed by atoms with Crippen LogP contribution in [0.1, 0.15) is 40.2 Å². The second-order valence-electron chi connectivity index (χ2n) is 18.4. The average molecular weight is 865 g/mol. The minimum Gasteiger partial charge on any atom is -0.310 e. The van der Waals surface area contributed by atoms with Crippen LogP contribution in [0, 0.1) is 0 Å². The molecule has 10 aromatic carbocycles. The fraction of sp³-hybridized carbons (Fsp3) is 0.0303. The second-order valence-corrected chi connectivity index (χ2v) is 18.4. The number of benzene rings is 10. The Hall–Kier alpha value is -8.72. The van der Waals surface area contributed by atoms with Crippen molar-refractivity contribution < 1.29 is 0 Å². The summed E-state index contributed by atoms with van der Waals surface area (Å²) in [6.45, 7) is 0. The molecule has 0 saturated heterocycles. The Kier molecular flexibility index (Phi) is 8.75. The third-order valence-electron chi connectivity index (χ3n) is 14.6. The first-order valence-corrected chi connectivity index (χ1v) is 23.8. The van der Waals surface area contributed by atoms with Crippen molar-refractivity contribution in [2.75, 3.05) is 4.90 Å². The molecule has 3 aliphatic rings.